The van der Waals surface area contributed by atoms with Crippen molar-refractivity contribution in [2.45, 2.75) is 138 Å². The number of aryl methyl sites for hydroxylation is 2. The van der Waals surface area contributed by atoms with Gasteiger partial charge in [0.05, 0.1) is 36.8 Å². The minimum Gasteiger partial charge on any atom is -0.444 e. The Hall–Kier alpha value is -3.89. The molecule has 1 rings (SSSR count). The second-order valence-corrected chi connectivity index (χ2v) is 15.2. The van der Waals surface area contributed by atoms with E-state index < -0.39 is 90.0 Å². The second-order valence-electron chi connectivity index (χ2n) is 15.2. The number of halogens is 3. The van der Waals surface area contributed by atoms with E-state index in [4.69, 9.17) is 4.74 Å². The van der Waals surface area contributed by atoms with E-state index in [1.807, 2.05) is 40.7 Å². The molecule has 1 aromatic rings. The van der Waals surface area contributed by atoms with Gasteiger partial charge in [0, 0.05) is 11.6 Å². The minimum atomic E-state index is -4.63. The van der Waals surface area contributed by atoms with Crippen LogP contribution in [0.15, 0.2) is 6.07 Å². The lowest BCUT2D eigenvalue weighted by molar-refractivity contribution is -0.141. The van der Waals surface area contributed by atoms with Crippen molar-refractivity contribution >= 4 is 29.7 Å². The summed E-state index contributed by atoms with van der Waals surface area (Å²) in [6.07, 6.45) is -6.20. The first kappa shape index (κ1) is 46.1. The fraction of sp³-hybridized carbons (Fsp3) is 0.771. The van der Waals surface area contributed by atoms with Gasteiger partial charge in [-0.1, -0.05) is 41.5 Å². The molecule has 0 aliphatic heterocycles. The molecule has 0 spiro atoms. The van der Waals surface area contributed by atoms with Crippen molar-refractivity contribution in [3.63, 3.8) is 0 Å². The van der Waals surface area contributed by atoms with E-state index in [2.05, 4.69) is 26.4 Å². The molecule has 0 radical (unpaired) electrons. The molecular weight excluding hydrogens is 687 g/mol. The average Bonchev–Trinajstić information content (AvgIpc) is 3.32. The largest absolute Gasteiger partial charge is 0.444 e. The molecule has 1 heterocycles. The SMILES string of the molecule is CCC(Cn1nc(C)cc1C)C(=O)NC(CNC(=O)OC(C)(C)C)C(=O)NC(CC(C)C)C(O)CC(C)C(=O)NC(C(=O)NCC(F)(F)F)C(C)C. The molecule has 6 unspecified atom stereocenters. The normalized spacial score (nSPS) is 15.6. The number of rotatable bonds is 19. The summed E-state index contributed by atoms with van der Waals surface area (Å²) in [5.74, 6) is -4.88. The molecule has 0 bridgehead atoms. The maximum Gasteiger partial charge on any atom is 0.407 e. The molecule has 0 fully saturated rings. The highest BCUT2D eigenvalue weighted by molar-refractivity contribution is 5.90. The zero-order chi connectivity index (χ0) is 40.1. The lowest BCUT2D eigenvalue weighted by atomic mass is 9.91. The summed E-state index contributed by atoms with van der Waals surface area (Å²) in [4.78, 5) is 65.3. The van der Waals surface area contributed by atoms with Crippen LogP contribution in [-0.4, -0.2) is 93.7 Å². The maximum absolute atomic E-state index is 13.8. The average molecular weight is 748 g/mol. The number of nitrogens with zero attached hydrogens (tertiary/aromatic N) is 2. The number of hydrogen-bond acceptors (Lipinski definition) is 8. The first-order valence-corrected chi connectivity index (χ1v) is 17.7. The quantitative estimate of drug-likeness (QED) is 0.124. The van der Waals surface area contributed by atoms with Gasteiger partial charge in [-0.25, -0.2) is 4.79 Å². The molecule has 52 heavy (non-hydrogen) atoms. The molecule has 0 aliphatic carbocycles. The van der Waals surface area contributed by atoms with Crippen LogP contribution in [0.5, 0.6) is 0 Å². The highest BCUT2D eigenvalue weighted by Gasteiger charge is 2.34. The van der Waals surface area contributed by atoms with Gasteiger partial charge in [-0.3, -0.25) is 23.9 Å². The summed E-state index contributed by atoms with van der Waals surface area (Å²) < 4.78 is 45.0. The summed E-state index contributed by atoms with van der Waals surface area (Å²) in [5.41, 5.74) is 0.831. The highest BCUT2D eigenvalue weighted by Crippen LogP contribution is 2.18. The number of alkyl halides is 3. The molecule has 6 atom stereocenters. The Morgan fingerprint density at radius 3 is 1.98 bits per heavy atom. The number of hydrogen-bond donors (Lipinski definition) is 6. The van der Waals surface area contributed by atoms with Gasteiger partial charge < -0.3 is 36.4 Å². The van der Waals surface area contributed by atoms with Crippen molar-refractivity contribution in [2.24, 2.45) is 23.7 Å². The van der Waals surface area contributed by atoms with Gasteiger partial charge >= 0.3 is 12.3 Å². The Morgan fingerprint density at radius 2 is 1.50 bits per heavy atom. The number of amides is 5. The fourth-order valence-corrected chi connectivity index (χ4v) is 5.33. The number of carbonyl (C=O) groups is 5. The highest BCUT2D eigenvalue weighted by atomic mass is 19.4. The van der Waals surface area contributed by atoms with Gasteiger partial charge in [0.2, 0.25) is 23.6 Å². The van der Waals surface area contributed by atoms with Crippen molar-refractivity contribution in [1.29, 1.82) is 0 Å². The van der Waals surface area contributed by atoms with Gasteiger partial charge in [0.15, 0.2) is 0 Å². The van der Waals surface area contributed by atoms with Crippen molar-refractivity contribution in [2.75, 3.05) is 13.1 Å². The Bertz CT molecular complexity index is 1340. The number of aliphatic hydroxyl groups excluding tert-OH is 1. The number of aliphatic hydroxyl groups is 1. The molecule has 0 saturated heterocycles. The molecular formula is C35H60F3N7O7. The van der Waals surface area contributed by atoms with E-state index in [-0.39, 0.29) is 31.8 Å². The summed E-state index contributed by atoms with van der Waals surface area (Å²) >= 11 is 0. The maximum atomic E-state index is 13.8. The van der Waals surface area contributed by atoms with Gasteiger partial charge in [-0.15, -0.1) is 0 Å². The van der Waals surface area contributed by atoms with Gasteiger partial charge in [-0.2, -0.15) is 18.3 Å². The molecule has 14 nitrogen and oxygen atoms in total. The predicted octanol–water partition coefficient (Wildman–Crippen LogP) is 3.27. The summed E-state index contributed by atoms with van der Waals surface area (Å²) in [5, 5.41) is 28.0. The number of alkyl carbamates (subject to hydrolysis) is 1. The number of ether oxygens (including phenoxy) is 1. The van der Waals surface area contributed by atoms with Crippen LogP contribution in [0.1, 0.15) is 93.0 Å². The first-order valence-electron chi connectivity index (χ1n) is 17.7. The summed E-state index contributed by atoms with van der Waals surface area (Å²) in [6, 6.07) is -1.56. The molecule has 0 aliphatic rings. The zero-order valence-corrected chi connectivity index (χ0v) is 32.4. The molecule has 5 amide bonds. The number of nitrogens with one attached hydrogen (secondary N) is 5. The van der Waals surface area contributed by atoms with E-state index in [1.54, 1.807) is 44.6 Å². The van der Waals surface area contributed by atoms with Crippen LogP contribution in [-0.2, 0) is 30.5 Å². The third-order valence-electron chi connectivity index (χ3n) is 8.11. The number of aromatic nitrogens is 2. The Kier molecular flexibility index (Phi) is 18.1. The monoisotopic (exact) mass is 747 g/mol. The minimum absolute atomic E-state index is 0.0371. The van der Waals surface area contributed by atoms with E-state index in [9.17, 15) is 42.3 Å². The van der Waals surface area contributed by atoms with E-state index in [0.29, 0.717) is 6.42 Å². The van der Waals surface area contributed by atoms with Crippen LogP contribution in [0.2, 0.25) is 0 Å². The van der Waals surface area contributed by atoms with Crippen molar-refractivity contribution in [3.05, 3.63) is 17.5 Å². The van der Waals surface area contributed by atoms with Crippen LogP contribution in [0.25, 0.3) is 0 Å². The standard InChI is InChI=1S/C35H60F3N7O7/c1-12-24(17-45-23(8)15-22(7)44-45)30(48)42-26(16-39-33(51)52-34(9,10)11)31(49)41-25(13-19(2)3)27(46)14-21(6)29(47)43-28(20(4)5)32(50)40-18-35(36,37)38/h15,19-21,24-28,46H,12-14,16-18H2,1-11H3,(H,39,51)(H,40,50)(H,41,49)(H,42,48)(H,43,47). The van der Waals surface area contributed by atoms with Crippen molar-refractivity contribution < 1.29 is 47.0 Å². The van der Waals surface area contributed by atoms with Crippen LogP contribution in [0.3, 0.4) is 0 Å². The van der Waals surface area contributed by atoms with Gasteiger partial charge in [0.1, 0.15) is 24.2 Å². The van der Waals surface area contributed by atoms with Gasteiger partial charge in [-0.05, 0) is 71.8 Å². The lowest BCUT2D eigenvalue weighted by Crippen LogP contribution is -2.58. The molecule has 6 N–H and O–H groups in total. The molecule has 0 saturated carbocycles. The van der Waals surface area contributed by atoms with Crippen LogP contribution in [0, 0.1) is 37.5 Å². The van der Waals surface area contributed by atoms with Crippen molar-refractivity contribution in [1.82, 2.24) is 36.4 Å². The fourth-order valence-electron chi connectivity index (χ4n) is 5.33. The zero-order valence-electron chi connectivity index (χ0n) is 32.4. The molecule has 1 aromatic heterocycles. The summed E-state index contributed by atoms with van der Waals surface area (Å²) in [6.45, 7) is 17.3. The van der Waals surface area contributed by atoms with Gasteiger partial charge in [0.25, 0.3) is 0 Å². The van der Waals surface area contributed by atoms with E-state index >= 15 is 0 Å². The first-order chi connectivity index (χ1) is 23.8. The number of carbonyl (C=O) groups excluding carboxylic acids is 5. The summed E-state index contributed by atoms with van der Waals surface area (Å²) in [7, 11) is 0. The lowest BCUT2D eigenvalue weighted by Gasteiger charge is -2.30. The third-order valence-corrected chi connectivity index (χ3v) is 8.11. The predicted molar refractivity (Wildman–Crippen MR) is 189 cm³/mol. The topological polar surface area (TPSA) is 193 Å². The smallest absolute Gasteiger partial charge is 0.407 e. The van der Waals surface area contributed by atoms with Crippen LogP contribution < -0.4 is 26.6 Å². The molecule has 17 heteroatoms. The molecule has 0 aromatic carbocycles. The van der Waals surface area contributed by atoms with E-state index in [1.165, 1.54) is 6.92 Å². The Morgan fingerprint density at radius 1 is 0.885 bits per heavy atom. The van der Waals surface area contributed by atoms with Crippen LogP contribution in [0.4, 0.5) is 18.0 Å². The van der Waals surface area contributed by atoms with Crippen molar-refractivity contribution in [3.8, 4) is 0 Å². The third kappa shape index (κ3) is 17.1. The van der Waals surface area contributed by atoms with E-state index in [0.717, 1.165) is 11.4 Å². The second kappa shape index (κ2) is 20.4. The Labute approximate surface area is 305 Å². The Balaban J connectivity index is 3.17. The van der Waals surface area contributed by atoms with Crippen LogP contribution >= 0.6 is 0 Å². The molecule has 298 valence electrons.